The van der Waals surface area contributed by atoms with Crippen LogP contribution in [0.3, 0.4) is 0 Å². The van der Waals surface area contributed by atoms with Gasteiger partial charge in [-0.3, -0.25) is 4.79 Å². The summed E-state index contributed by atoms with van der Waals surface area (Å²) in [4.78, 5) is 14.0. The minimum Gasteiger partial charge on any atom is -0.385 e. The highest BCUT2D eigenvalue weighted by molar-refractivity contribution is 5.94. The van der Waals surface area contributed by atoms with Crippen molar-refractivity contribution in [2.75, 3.05) is 39.2 Å². The van der Waals surface area contributed by atoms with Gasteiger partial charge in [-0.1, -0.05) is 0 Å². The number of benzene rings is 1. The first kappa shape index (κ1) is 12.9. The zero-order valence-electron chi connectivity index (χ0n) is 11.0. The summed E-state index contributed by atoms with van der Waals surface area (Å²) in [6.07, 6.45) is 1.87. The van der Waals surface area contributed by atoms with E-state index in [1.54, 1.807) is 12.0 Å². The quantitative estimate of drug-likeness (QED) is 0.807. The molecule has 4 heteroatoms. The maximum Gasteiger partial charge on any atom is 0.253 e. The lowest BCUT2D eigenvalue weighted by molar-refractivity contribution is 0.0779. The highest BCUT2D eigenvalue weighted by atomic mass is 16.5. The van der Waals surface area contributed by atoms with Gasteiger partial charge in [0.1, 0.15) is 0 Å². The Morgan fingerprint density at radius 3 is 3.11 bits per heavy atom. The van der Waals surface area contributed by atoms with Gasteiger partial charge in [0.25, 0.3) is 5.91 Å². The van der Waals surface area contributed by atoms with E-state index in [0.29, 0.717) is 6.61 Å². The first-order valence-electron chi connectivity index (χ1n) is 6.33. The van der Waals surface area contributed by atoms with E-state index in [2.05, 4.69) is 5.32 Å². The molecular weight excluding hydrogens is 228 g/mol. The van der Waals surface area contributed by atoms with Crippen molar-refractivity contribution in [3.05, 3.63) is 29.3 Å². The van der Waals surface area contributed by atoms with Crippen LogP contribution in [0, 0.1) is 0 Å². The minimum atomic E-state index is 0.0841. The average molecular weight is 248 g/mol. The fourth-order valence-electron chi connectivity index (χ4n) is 2.21. The average Bonchev–Trinajstić information content (AvgIpc) is 2.85. The molecule has 0 saturated carbocycles. The summed E-state index contributed by atoms with van der Waals surface area (Å²) in [6, 6.07) is 5.90. The number of ether oxygens (including phenoxy) is 1. The van der Waals surface area contributed by atoms with E-state index >= 15 is 0 Å². The standard InChI is InChI=1S/C14H20N2O2/c1-16(8-3-9-18-2)14(17)12-4-5-13-11(10-12)6-7-15-13/h4-5,10,15H,3,6-9H2,1-2H3. The molecule has 0 radical (unpaired) electrons. The molecule has 0 fully saturated rings. The summed E-state index contributed by atoms with van der Waals surface area (Å²) >= 11 is 0. The van der Waals surface area contributed by atoms with Gasteiger partial charge in [0.2, 0.25) is 0 Å². The Morgan fingerprint density at radius 2 is 2.33 bits per heavy atom. The summed E-state index contributed by atoms with van der Waals surface area (Å²) in [5.74, 6) is 0.0841. The van der Waals surface area contributed by atoms with E-state index in [9.17, 15) is 4.79 Å². The molecule has 0 saturated heterocycles. The lowest BCUT2D eigenvalue weighted by Gasteiger charge is -2.17. The fraction of sp³-hybridized carbons (Fsp3) is 0.500. The van der Waals surface area contributed by atoms with Crippen molar-refractivity contribution in [3.8, 4) is 0 Å². The molecule has 2 rings (SSSR count). The first-order valence-corrected chi connectivity index (χ1v) is 6.33. The molecule has 0 unspecified atom stereocenters. The van der Waals surface area contributed by atoms with Crippen LogP contribution < -0.4 is 5.32 Å². The van der Waals surface area contributed by atoms with Crippen LogP contribution in [-0.4, -0.2) is 44.7 Å². The van der Waals surface area contributed by atoms with Crippen LogP contribution in [0.25, 0.3) is 0 Å². The largest absolute Gasteiger partial charge is 0.385 e. The van der Waals surface area contributed by atoms with Gasteiger partial charge in [-0.15, -0.1) is 0 Å². The highest BCUT2D eigenvalue weighted by Gasteiger charge is 2.15. The number of nitrogens with zero attached hydrogens (tertiary/aromatic N) is 1. The molecule has 1 aliphatic heterocycles. The predicted molar refractivity (Wildman–Crippen MR) is 72.1 cm³/mol. The van der Waals surface area contributed by atoms with Crippen LogP contribution in [0.15, 0.2) is 18.2 Å². The number of hydrogen-bond donors (Lipinski definition) is 1. The van der Waals surface area contributed by atoms with Gasteiger partial charge in [0.05, 0.1) is 0 Å². The van der Waals surface area contributed by atoms with Gasteiger partial charge in [-0.05, 0) is 36.6 Å². The molecule has 4 nitrogen and oxygen atoms in total. The second kappa shape index (κ2) is 5.87. The Morgan fingerprint density at radius 1 is 1.50 bits per heavy atom. The molecule has 1 amide bonds. The molecule has 0 aromatic heterocycles. The van der Waals surface area contributed by atoms with Crippen molar-refractivity contribution in [2.45, 2.75) is 12.8 Å². The van der Waals surface area contributed by atoms with Gasteiger partial charge < -0.3 is 15.0 Å². The number of hydrogen-bond acceptors (Lipinski definition) is 3. The summed E-state index contributed by atoms with van der Waals surface area (Å²) in [6.45, 7) is 2.38. The van der Waals surface area contributed by atoms with Crippen molar-refractivity contribution in [1.29, 1.82) is 0 Å². The summed E-state index contributed by atoms with van der Waals surface area (Å²) in [5, 5.41) is 3.30. The van der Waals surface area contributed by atoms with Gasteiger partial charge in [-0.2, -0.15) is 0 Å². The molecule has 18 heavy (non-hydrogen) atoms. The fourth-order valence-corrected chi connectivity index (χ4v) is 2.21. The molecule has 1 aromatic carbocycles. The van der Waals surface area contributed by atoms with Crippen LogP contribution >= 0.6 is 0 Å². The van der Waals surface area contributed by atoms with E-state index in [1.165, 1.54) is 5.56 Å². The maximum atomic E-state index is 12.2. The van der Waals surface area contributed by atoms with E-state index in [-0.39, 0.29) is 5.91 Å². The number of nitrogens with one attached hydrogen (secondary N) is 1. The zero-order valence-corrected chi connectivity index (χ0v) is 11.0. The molecule has 1 heterocycles. The van der Waals surface area contributed by atoms with Crippen LogP contribution in [-0.2, 0) is 11.2 Å². The Hall–Kier alpha value is -1.55. The van der Waals surface area contributed by atoms with Gasteiger partial charge in [-0.25, -0.2) is 0 Å². The van der Waals surface area contributed by atoms with Crippen molar-refractivity contribution in [3.63, 3.8) is 0 Å². The monoisotopic (exact) mass is 248 g/mol. The molecule has 0 bridgehead atoms. The molecular formula is C14H20N2O2. The number of methoxy groups -OCH3 is 1. The normalized spacial score (nSPS) is 13.0. The van der Waals surface area contributed by atoms with Crippen molar-refractivity contribution >= 4 is 11.6 Å². The Bertz CT molecular complexity index is 432. The first-order chi connectivity index (χ1) is 8.72. The molecule has 1 aromatic rings. The Balaban J connectivity index is 2.00. The third-order valence-electron chi connectivity index (χ3n) is 3.25. The smallest absolute Gasteiger partial charge is 0.253 e. The third kappa shape index (κ3) is 2.82. The van der Waals surface area contributed by atoms with Crippen molar-refractivity contribution < 1.29 is 9.53 Å². The van der Waals surface area contributed by atoms with Crippen molar-refractivity contribution in [1.82, 2.24) is 4.90 Å². The maximum absolute atomic E-state index is 12.2. The molecule has 1 aliphatic rings. The van der Waals surface area contributed by atoms with Crippen LogP contribution in [0.5, 0.6) is 0 Å². The van der Waals surface area contributed by atoms with E-state index < -0.39 is 0 Å². The lowest BCUT2D eigenvalue weighted by Crippen LogP contribution is -2.28. The van der Waals surface area contributed by atoms with Crippen LogP contribution in [0.1, 0.15) is 22.3 Å². The summed E-state index contributed by atoms with van der Waals surface area (Å²) in [5.41, 5.74) is 3.18. The van der Waals surface area contributed by atoms with E-state index in [1.807, 2.05) is 25.2 Å². The second-order valence-corrected chi connectivity index (χ2v) is 4.62. The molecule has 0 aliphatic carbocycles. The summed E-state index contributed by atoms with van der Waals surface area (Å²) in [7, 11) is 3.51. The van der Waals surface area contributed by atoms with E-state index in [0.717, 1.165) is 37.2 Å². The SMILES string of the molecule is COCCCN(C)C(=O)c1ccc2c(c1)CCN2. The number of amides is 1. The topological polar surface area (TPSA) is 41.6 Å². The van der Waals surface area contributed by atoms with Gasteiger partial charge in [0, 0.05) is 45.1 Å². The summed E-state index contributed by atoms with van der Waals surface area (Å²) < 4.78 is 4.99. The lowest BCUT2D eigenvalue weighted by atomic mass is 10.1. The third-order valence-corrected chi connectivity index (χ3v) is 3.25. The van der Waals surface area contributed by atoms with Crippen molar-refractivity contribution in [2.24, 2.45) is 0 Å². The van der Waals surface area contributed by atoms with Gasteiger partial charge >= 0.3 is 0 Å². The van der Waals surface area contributed by atoms with Crippen LogP contribution in [0.2, 0.25) is 0 Å². The number of rotatable bonds is 5. The minimum absolute atomic E-state index is 0.0841. The zero-order chi connectivity index (χ0) is 13.0. The number of carbonyl (C=O) groups excluding carboxylic acids is 1. The molecule has 98 valence electrons. The predicted octanol–water partition coefficient (Wildman–Crippen LogP) is 1.76. The second-order valence-electron chi connectivity index (χ2n) is 4.62. The van der Waals surface area contributed by atoms with Crippen LogP contribution in [0.4, 0.5) is 5.69 Å². The molecule has 1 N–H and O–H groups in total. The molecule has 0 spiro atoms. The molecule has 0 atom stereocenters. The number of carbonyl (C=O) groups is 1. The van der Waals surface area contributed by atoms with E-state index in [4.69, 9.17) is 4.74 Å². The van der Waals surface area contributed by atoms with Gasteiger partial charge in [0.15, 0.2) is 0 Å². The highest BCUT2D eigenvalue weighted by Crippen LogP contribution is 2.23. The Labute approximate surface area is 108 Å². The number of fused-ring (bicyclic) bond motifs is 1. The number of anilines is 1. The Kier molecular flexibility index (Phi) is 4.20.